The van der Waals surface area contributed by atoms with E-state index in [0.29, 0.717) is 13.2 Å². The van der Waals surface area contributed by atoms with Crippen LogP contribution in [0.25, 0.3) is 0 Å². The minimum atomic E-state index is -2.95. The molecule has 4 heteroatoms. The first-order chi connectivity index (χ1) is 8.62. The molecule has 0 amide bonds. The second-order valence-electron chi connectivity index (χ2n) is 4.25. The summed E-state index contributed by atoms with van der Waals surface area (Å²) in [5.74, 6) is 0. The van der Waals surface area contributed by atoms with Gasteiger partial charge in [-0.15, -0.1) is 0 Å². The van der Waals surface area contributed by atoms with Gasteiger partial charge in [0.1, 0.15) is 0 Å². The zero-order valence-corrected chi connectivity index (χ0v) is 12.4. The van der Waals surface area contributed by atoms with E-state index >= 15 is 0 Å². The van der Waals surface area contributed by atoms with Crippen LogP contribution in [0.2, 0.25) is 0 Å². The topological polar surface area (TPSA) is 35.5 Å². The van der Waals surface area contributed by atoms with E-state index in [1.807, 2.05) is 39.0 Å². The van der Waals surface area contributed by atoms with Gasteiger partial charge in [-0.2, -0.15) is 0 Å². The number of benzene rings is 1. The zero-order valence-electron chi connectivity index (χ0n) is 11.5. The summed E-state index contributed by atoms with van der Waals surface area (Å²) in [5.41, 5.74) is 1.18. The Balaban J connectivity index is 2.57. The highest BCUT2D eigenvalue weighted by Crippen LogP contribution is 2.54. The van der Waals surface area contributed by atoms with Gasteiger partial charge in [-0.1, -0.05) is 37.3 Å². The van der Waals surface area contributed by atoms with Crippen molar-refractivity contribution in [2.75, 3.05) is 13.2 Å². The maximum atomic E-state index is 12.5. The van der Waals surface area contributed by atoms with Crippen LogP contribution in [0.3, 0.4) is 0 Å². The van der Waals surface area contributed by atoms with Crippen LogP contribution in [0.1, 0.15) is 32.8 Å². The zero-order chi connectivity index (χ0) is 13.4. The average Bonchev–Trinajstić information content (AvgIpc) is 2.37. The molecule has 102 valence electrons. The first-order valence-corrected chi connectivity index (χ1v) is 8.16. The van der Waals surface area contributed by atoms with Crippen molar-refractivity contribution < 1.29 is 13.6 Å². The fourth-order valence-electron chi connectivity index (χ4n) is 1.83. The molecule has 0 saturated carbocycles. The van der Waals surface area contributed by atoms with Crippen LogP contribution in [0.5, 0.6) is 0 Å². The SMILES string of the molecule is CCOP(=O)(OCC)C(C)CCc1ccccc1. The Morgan fingerprint density at radius 1 is 1.11 bits per heavy atom. The fraction of sp³-hybridized carbons (Fsp3) is 0.571. The molecule has 1 unspecified atom stereocenters. The van der Waals surface area contributed by atoms with Crippen LogP contribution < -0.4 is 0 Å². The second-order valence-corrected chi connectivity index (χ2v) is 6.73. The van der Waals surface area contributed by atoms with E-state index in [0.717, 1.165) is 12.8 Å². The quantitative estimate of drug-likeness (QED) is 0.662. The lowest BCUT2D eigenvalue weighted by molar-refractivity contribution is 0.212. The molecule has 18 heavy (non-hydrogen) atoms. The number of hydrogen-bond acceptors (Lipinski definition) is 3. The van der Waals surface area contributed by atoms with E-state index in [1.54, 1.807) is 0 Å². The van der Waals surface area contributed by atoms with Gasteiger partial charge in [0.2, 0.25) is 0 Å². The Labute approximate surface area is 110 Å². The molecule has 0 aliphatic rings. The molecule has 0 aliphatic carbocycles. The molecule has 0 saturated heterocycles. The molecule has 0 fully saturated rings. The van der Waals surface area contributed by atoms with Gasteiger partial charge < -0.3 is 9.05 Å². The van der Waals surface area contributed by atoms with Crippen LogP contribution in [0, 0.1) is 0 Å². The van der Waals surface area contributed by atoms with Gasteiger partial charge >= 0.3 is 7.60 Å². The van der Waals surface area contributed by atoms with E-state index in [-0.39, 0.29) is 5.66 Å². The Hall–Kier alpha value is -0.630. The first kappa shape index (κ1) is 15.4. The van der Waals surface area contributed by atoms with Crippen molar-refractivity contribution in [3.8, 4) is 0 Å². The molecule has 0 spiro atoms. The maximum Gasteiger partial charge on any atom is 0.333 e. The highest BCUT2D eigenvalue weighted by atomic mass is 31.2. The van der Waals surface area contributed by atoms with Crippen LogP contribution in [-0.4, -0.2) is 18.9 Å². The summed E-state index contributed by atoms with van der Waals surface area (Å²) >= 11 is 0. The predicted molar refractivity (Wildman–Crippen MR) is 75.1 cm³/mol. The molecule has 0 aromatic heterocycles. The van der Waals surface area contributed by atoms with Gasteiger partial charge in [0.25, 0.3) is 0 Å². The Morgan fingerprint density at radius 2 is 1.67 bits per heavy atom. The van der Waals surface area contributed by atoms with E-state index in [4.69, 9.17) is 9.05 Å². The minimum absolute atomic E-state index is 0.0717. The lowest BCUT2D eigenvalue weighted by Gasteiger charge is -2.23. The largest absolute Gasteiger partial charge is 0.333 e. The van der Waals surface area contributed by atoms with Crippen LogP contribution in [0.4, 0.5) is 0 Å². The molecule has 1 atom stereocenters. The monoisotopic (exact) mass is 270 g/mol. The van der Waals surface area contributed by atoms with Crippen LogP contribution in [0.15, 0.2) is 30.3 Å². The standard InChI is InChI=1S/C14H23O3P/c1-4-16-18(15,17-5-2)13(3)11-12-14-9-7-6-8-10-14/h6-10,13H,4-5,11-12H2,1-3H3. The highest BCUT2D eigenvalue weighted by Gasteiger charge is 2.31. The summed E-state index contributed by atoms with van der Waals surface area (Å²) in [6.45, 7) is 6.47. The summed E-state index contributed by atoms with van der Waals surface area (Å²) < 4.78 is 23.2. The average molecular weight is 270 g/mol. The van der Waals surface area contributed by atoms with Gasteiger partial charge in [0.05, 0.1) is 18.9 Å². The third kappa shape index (κ3) is 4.56. The first-order valence-electron chi connectivity index (χ1n) is 6.55. The lowest BCUT2D eigenvalue weighted by Crippen LogP contribution is -2.11. The predicted octanol–water partition coefficient (Wildman–Crippen LogP) is 4.27. The second kappa shape index (κ2) is 7.73. The van der Waals surface area contributed by atoms with E-state index in [2.05, 4.69) is 12.1 Å². The van der Waals surface area contributed by atoms with Crippen molar-refractivity contribution >= 4 is 7.60 Å². The number of hydrogen-bond donors (Lipinski definition) is 0. The third-order valence-corrected chi connectivity index (χ3v) is 5.43. The number of rotatable bonds is 8. The minimum Gasteiger partial charge on any atom is -0.309 e. The van der Waals surface area contributed by atoms with Gasteiger partial charge in [-0.25, -0.2) is 0 Å². The molecule has 3 nitrogen and oxygen atoms in total. The summed E-state index contributed by atoms with van der Waals surface area (Å²) in [4.78, 5) is 0. The van der Waals surface area contributed by atoms with E-state index in [9.17, 15) is 4.57 Å². The van der Waals surface area contributed by atoms with Crippen LogP contribution in [-0.2, 0) is 20.0 Å². The summed E-state index contributed by atoms with van der Waals surface area (Å²) in [6, 6.07) is 10.2. The van der Waals surface area contributed by atoms with Gasteiger partial charge in [-0.3, -0.25) is 4.57 Å². The molecule has 1 aromatic carbocycles. The highest BCUT2D eigenvalue weighted by molar-refractivity contribution is 7.54. The molecule has 1 rings (SSSR count). The molecule has 0 bridgehead atoms. The van der Waals surface area contributed by atoms with Crippen LogP contribution >= 0.6 is 7.60 Å². The maximum absolute atomic E-state index is 12.5. The van der Waals surface area contributed by atoms with Crippen molar-refractivity contribution in [3.05, 3.63) is 35.9 Å². The smallest absolute Gasteiger partial charge is 0.309 e. The summed E-state index contributed by atoms with van der Waals surface area (Å²) in [6.07, 6.45) is 1.70. The summed E-state index contributed by atoms with van der Waals surface area (Å²) in [7, 11) is -2.95. The molecule has 0 aliphatic heterocycles. The Kier molecular flexibility index (Phi) is 6.62. The fourth-order valence-corrected chi connectivity index (χ4v) is 3.58. The lowest BCUT2D eigenvalue weighted by atomic mass is 10.1. The molecule has 0 radical (unpaired) electrons. The molecular formula is C14H23O3P. The normalized spacial score (nSPS) is 13.5. The molecule has 0 heterocycles. The van der Waals surface area contributed by atoms with Crippen molar-refractivity contribution in [3.63, 3.8) is 0 Å². The summed E-state index contributed by atoms with van der Waals surface area (Å²) in [5, 5.41) is 0. The van der Waals surface area contributed by atoms with Crippen molar-refractivity contribution in [1.82, 2.24) is 0 Å². The molecule has 0 N–H and O–H groups in total. The third-order valence-electron chi connectivity index (χ3n) is 2.85. The number of aryl methyl sites for hydroxylation is 1. The van der Waals surface area contributed by atoms with Gasteiger partial charge in [0, 0.05) is 0 Å². The Bertz CT molecular complexity index is 368. The van der Waals surface area contributed by atoms with Crippen molar-refractivity contribution in [2.45, 2.75) is 39.3 Å². The van der Waals surface area contributed by atoms with Gasteiger partial charge in [0.15, 0.2) is 0 Å². The molecular weight excluding hydrogens is 247 g/mol. The molecule has 1 aromatic rings. The van der Waals surface area contributed by atoms with Crippen molar-refractivity contribution in [1.29, 1.82) is 0 Å². The van der Waals surface area contributed by atoms with Crippen molar-refractivity contribution in [2.24, 2.45) is 0 Å². The van der Waals surface area contributed by atoms with E-state index in [1.165, 1.54) is 5.56 Å². The van der Waals surface area contributed by atoms with Gasteiger partial charge in [-0.05, 0) is 32.3 Å². The van der Waals surface area contributed by atoms with E-state index < -0.39 is 7.60 Å². The Morgan fingerprint density at radius 3 is 2.17 bits per heavy atom.